The monoisotopic (exact) mass is 235 g/mol. The number of Topliss-reactive ketones (excluding diaryl/α,β-unsaturated/α-hetero) is 1. The van der Waals surface area contributed by atoms with Crippen molar-refractivity contribution in [3.05, 3.63) is 0 Å². The summed E-state index contributed by atoms with van der Waals surface area (Å²) in [6, 6.07) is 0. The van der Waals surface area contributed by atoms with Gasteiger partial charge >= 0.3 is 6.09 Å². The van der Waals surface area contributed by atoms with Crippen LogP contribution in [0.1, 0.15) is 20.8 Å². The summed E-state index contributed by atoms with van der Waals surface area (Å²) in [6.07, 6.45) is -3.52. The third-order valence-electron chi connectivity index (χ3n) is 2.15. The summed E-state index contributed by atoms with van der Waals surface area (Å²) in [5.41, 5.74) is -0.616. The molecule has 0 atom stereocenters. The topological polar surface area (TPSA) is 46.6 Å². The Hall–Kier alpha value is -1.20. The molecule has 6 heteroatoms. The van der Waals surface area contributed by atoms with Gasteiger partial charge in [-0.2, -0.15) is 0 Å². The quantitative estimate of drug-likeness (QED) is 0.731. The van der Waals surface area contributed by atoms with Crippen LogP contribution in [0, 0.1) is 5.92 Å². The van der Waals surface area contributed by atoms with Gasteiger partial charge in [0.1, 0.15) is 5.60 Å². The minimum Gasteiger partial charge on any atom is -0.444 e. The number of amides is 1. The highest BCUT2D eigenvalue weighted by atomic mass is 19.3. The fourth-order valence-electron chi connectivity index (χ4n) is 1.31. The molecule has 0 saturated carbocycles. The first-order chi connectivity index (χ1) is 7.20. The highest BCUT2D eigenvalue weighted by Gasteiger charge is 2.40. The average molecular weight is 235 g/mol. The van der Waals surface area contributed by atoms with Gasteiger partial charge in [-0.3, -0.25) is 4.79 Å². The second-order valence-corrected chi connectivity index (χ2v) is 4.79. The fourth-order valence-corrected chi connectivity index (χ4v) is 1.31. The normalized spacial score (nSPS) is 17.2. The van der Waals surface area contributed by atoms with Crippen molar-refractivity contribution in [3.63, 3.8) is 0 Å². The first-order valence-corrected chi connectivity index (χ1v) is 5.00. The molecule has 0 radical (unpaired) electrons. The van der Waals surface area contributed by atoms with Gasteiger partial charge < -0.3 is 9.64 Å². The Morgan fingerprint density at radius 3 is 2.19 bits per heavy atom. The molecule has 1 fully saturated rings. The summed E-state index contributed by atoms with van der Waals surface area (Å²) in [5.74, 6) is -1.84. The van der Waals surface area contributed by atoms with Crippen molar-refractivity contribution in [1.82, 2.24) is 4.90 Å². The Morgan fingerprint density at radius 1 is 1.31 bits per heavy atom. The van der Waals surface area contributed by atoms with Crippen LogP contribution in [-0.2, 0) is 9.53 Å². The number of hydrogen-bond donors (Lipinski definition) is 0. The lowest BCUT2D eigenvalue weighted by molar-refractivity contribution is -0.138. The Bertz CT molecular complexity index is 293. The third-order valence-corrected chi connectivity index (χ3v) is 2.15. The zero-order chi connectivity index (χ0) is 12.5. The molecule has 0 unspecified atom stereocenters. The number of alkyl halides is 2. The number of halogens is 2. The Balaban J connectivity index is 2.36. The van der Waals surface area contributed by atoms with E-state index in [9.17, 15) is 18.4 Å². The van der Waals surface area contributed by atoms with Crippen LogP contribution in [0.4, 0.5) is 13.6 Å². The van der Waals surface area contributed by atoms with Crippen molar-refractivity contribution < 1.29 is 23.1 Å². The number of nitrogens with zero attached hydrogens (tertiary/aromatic N) is 1. The van der Waals surface area contributed by atoms with Crippen LogP contribution in [-0.4, -0.2) is 41.9 Å². The molecular formula is C10H15F2NO3. The second kappa shape index (κ2) is 4.35. The summed E-state index contributed by atoms with van der Waals surface area (Å²) < 4.78 is 29.0. The van der Waals surface area contributed by atoms with Crippen molar-refractivity contribution in [2.45, 2.75) is 32.8 Å². The van der Waals surface area contributed by atoms with E-state index in [0.717, 1.165) is 0 Å². The van der Waals surface area contributed by atoms with Gasteiger partial charge in [0.25, 0.3) is 6.43 Å². The van der Waals surface area contributed by atoms with Crippen LogP contribution in [0.15, 0.2) is 0 Å². The standard InChI is InChI=1S/C10H15F2NO3/c1-10(2,3)16-9(15)13-4-6(5-13)7(14)8(11)12/h6,8H,4-5H2,1-3H3. The summed E-state index contributed by atoms with van der Waals surface area (Å²) in [5, 5.41) is 0. The average Bonchev–Trinajstić information content (AvgIpc) is 1.96. The van der Waals surface area contributed by atoms with Crippen molar-refractivity contribution in [2.24, 2.45) is 5.92 Å². The zero-order valence-electron chi connectivity index (χ0n) is 9.50. The van der Waals surface area contributed by atoms with Crippen LogP contribution in [0.25, 0.3) is 0 Å². The molecule has 0 aromatic rings. The van der Waals surface area contributed by atoms with E-state index < -0.39 is 29.8 Å². The number of likely N-dealkylation sites (tertiary alicyclic amines) is 1. The van der Waals surface area contributed by atoms with E-state index in [1.54, 1.807) is 20.8 Å². The molecule has 0 aromatic carbocycles. The van der Waals surface area contributed by atoms with E-state index in [0.29, 0.717) is 0 Å². The molecule has 0 spiro atoms. The molecule has 1 amide bonds. The minimum atomic E-state index is -2.95. The van der Waals surface area contributed by atoms with E-state index in [-0.39, 0.29) is 13.1 Å². The van der Waals surface area contributed by atoms with Gasteiger partial charge in [-0.05, 0) is 20.8 Å². The SMILES string of the molecule is CC(C)(C)OC(=O)N1CC(C(=O)C(F)F)C1. The van der Waals surface area contributed by atoms with Crippen LogP contribution in [0.2, 0.25) is 0 Å². The Kier molecular flexibility index (Phi) is 3.50. The number of carbonyl (C=O) groups excluding carboxylic acids is 2. The van der Waals surface area contributed by atoms with Gasteiger partial charge in [0.05, 0.1) is 5.92 Å². The number of ketones is 1. The summed E-state index contributed by atoms with van der Waals surface area (Å²) in [7, 11) is 0. The smallest absolute Gasteiger partial charge is 0.410 e. The van der Waals surface area contributed by atoms with E-state index >= 15 is 0 Å². The highest BCUT2D eigenvalue weighted by molar-refractivity contribution is 5.86. The first-order valence-electron chi connectivity index (χ1n) is 5.00. The number of hydrogen-bond acceptors (Lipinski definition) is 3. The molecule has 1 heterocycles. The Labute approximate surface area is 92.5 Å². The van der Waals surface area contributed by atoms with Gasteiger partial charge in [-0.15, -0.1) is 0 Å². The van der Waals surface area contributed by atoms with Gasteiger partial charge in [-0.1, -0.05) is 0 Å². The van der Waals surface area contributed by atoms with Gasteiger partial charge in [0, 0.05) is 13.1 Å². The van der Waals surface area contributed by atoms with E-state index in [4.69, 9.17) is 4.74 Å². The molecule has 92 valence electrons. The number of rotatable bonds is 2. The molecule has 1 saturated heterocycles. The zero-order valence-corrected chi connectivity index (χ0v) is 9.50. The number of ether oxygens (including phenoxy) is 1. The first kappa shape index (κ1) is 12.9. The van der Waals surface area contributed by atoms with Gasteiger partial charge in [-0.25, -0.2) is 13.6 Å². The predicted molar refractivity (Wildman–Crippen MR) is 52.3 cm³/mol. The minimum absolute atomic E-state index is 0.0259. The lowest BCUT2D eigenvalue weighted by Crippen LogP contribution is -2.55. The van der Waals surface area contributed by atoms with Gasteiger partial charge in [0.15, 0.2) is 0 Å². The maximum absolute atomic E-state index is 12.0. The molecule has 16 heavy (non-hydrogen) atoms. The molecular weight excluding hydrogens is 220 g/mol. The van der Waals surface area contributed by atoms with Crippen molar-refractivity contribution >= 4 is 11.9 Å². The van der Waals surface area contributed by atoms with Crippen LogP contribution < -0.4 is 0 Å². The fraction of sp³-hybridized carbons (Fsp3) is 0.800. The molecule has 4 nitrogen and oxygen atoms in total. The molecule has 0 N–H and O–H groups in total. The summed E-state index contributed by atoms with van der Waals surface area (Å²) in [6.45, 7) is 5.20. The van der Waals surface area contributed by atoms with Crippen molar-refractivity contribution in [2.75, 3.05) is 13.1 Å². The molecule has 1 aliphatic heterocycles. The molecule has 0 aliphatic carbocycles. The third kappa shape index (κ3) is 3.15. The molecule has 1 aliphatic rings. The van der Waals surface area contributed by atoms with E-state index in [1.807, 2.05) is 0 Å². The maximum Gasteiger partial charge on any atom is 0.410 e. The van der Waals surface area contributed by atoms with Crippen LogP contribution in [0.5, 0.6) is 0 Å². The molecule has 0 bridgehead atoms. The second-order valence-electron chi connectivity index (χ2n) is 4.79. The lowest BCUT2D eigenvalue weighted by atomic mass is 9.96. The van der Waals surface area contributed by atoms with Gasteiger partial charge in [0.2, 0.25) is 5.78 Å². The largest absolute Gasteiger partial charge is 0.444 e. The van der Waals surface area contributed by atoms with Crippen molar-refractivity contribution in [3.8, 4) is 0 Å². The summed E-state index contributed by atoms with van der Waals surface area (Å²) >= 11 is 0. The molecule has 0 aromatic heterocycles. The van der Waals surface area contributed by atoms with Crippen LogP contribution >= 0.6 is 0 Å². The molecule has 1 rings (SSSR count). The maximum atomic E-state index is 12.0. The Morgan fingerprint density at radius 2 is 1.81 bits per heavy atom. The van der Waals surface area contributed by atoms with E-state index in [2.05, 4.69) is 0 Å². The van der Waals surface area contributed by atoms with Crippen molar-refractivity contribution in [1.29, 1.82) is 0 Å². The number of carbonyl (C=O) groups is 2. The highest BCUT2D eigenvalue weighted by Crippen LogP contribution is 2.22. The van der Waals surface area contributed by atoms with E-state index in [1.165, 1.54) is 4.90 Å². The summed E-state index contributed by atoms with van der Waals surface area (Å²) in [4.78, 5) is 23.5. The lowest BCUT2D eigenvalue weighted by Gasteiger charge is -2.38. The predicted octanol–water partition coefficient (Wildman–Crippen LogP) is 1.69. The van der Waals surface area contributed by atoms with Crippen LogP contribution in [0.3, 0.4) is 0 Å².